The minimum atomic E-state index is -0.422. The van der Waals surface area contributed by atoms with E-state index in [-0.39, 0.29) is 24.6 Å². The highest BCUT2D eigenvalue weighted by molar-refractivity contribution is 5.86. The number of nitrogens with one attached hydrogen (secondary N) is 2. The summed E-state index contributed by atoms with van der Waals surface area (Å²) in [7, 11) is 0. The largest absolute Gasteiger partial charge is 0.347 e. The van der Waals surface area contributed by atoms with Crippen molar-refractivity contribution in [2.75, 3.05) is 26.2 Å². The summed E-state index contributed by atoms with van der Waals surface area (Å²) in [5, 5.41) is 5.84. The lowest BCUT2D eigenvalue weighted by molar-refractivity contribution is -0.429. The third-order valence-electron chi connectivity index (χ3n) is 9.76. The summed E-state index contributed by atoms with van der Waals surface area (Å²) < 4.78 is 0. The second kappa shape index (κ2) is 37.8. The molecule has 8 nitrogen and oxygen atoms in total. The Hall–Kier alpha value is -1.48. The van der Waals surface area contributed by atoms with Gasteiger partial charge in [0.15, 0.2) is 12.3 Å². The molecule has 0 spiro atoms. The molecule has 0 saturated carbocycles. The van der Waals surface area contributed by atoms with Crippen molar-refractivity contribution in [3.63, 3.8) is 0 Å². The summed E-state index contributed by atoms with van der Waals surface area (Å²) in [6.07, 6.45) is 41.5. The number of hydrogen-bond donors (Lipinski definition) is 5. The smallest absolute Gasteiger partial charge is 0.278 e. The van der Waals surface area contributed by atoms with Gasteiger partial charge in [-0.05, 0) is 38.5 Å². The number of allylic oxidation sites excluding steroid dienone is 2. The maximum Gasteiger partial charge on any atom is 0.278 e. The van der Waals surface area contributed by atoms with Crippen LogP contribution in [0, 0.1) is 0 Å². The van der Waals surface area contributed by atoms with Crippen LogP contribution < -0.4 is 27.8 Å². The predicted molar refractivity (Wildman–Crippen MR) is 210 cm³/mol. The molecule has 8 heteroatoms. The Morgan fingerprint density at radius 1 is 0.592 bits per heavy atom. The van der Waals surface area contributed by atoms with Crippen LogP contribution in [0.3, 0.4) is 0 Å². The predicted octanol–water partition coefficient (Wildman–Crippen LogP) is 7.52. The number of amides is 2. The van der Waals surface area contributed by atoms with Crippen LogP contribution in [0.1, 0.15) is 200 Å². The molecule has 0 aliphatic rings. The van der Waals surface area contributed by atoms with E-state index in [9.17, 15) is 9.59 Å². The lowest BCUT2D eigenvalue weighted by Gasteiger charge is -2.23. The Bertz CT molecular complexity index is 748. The van der Waals surface area contributed by atoms with Gasteiger partial charge in [0.05, 0.1) is 6.54 Å². The van der Waals surface area contributed by atoms with Crippen LogP contribution in [-0.4, -0.2) is 55.2 Å². The Morgan fingerprint density at radius 3 is 1.35 bits per heavy atom. The molecule has 0 fully saturated rings. The van der Waals surface area contributed by atoms with E-state index in [1.165, 1.54) is 161 Å². The Kier molecular flexibility index (Phi) is 36.6. The van der Waals surface area contributed by atoms with Crippen LogP contribution in [0.4, 0.5) is 0 Å². The average Bonchev–Trinajstić information content (AvgIpc) is 3.09. The number of unbranched alkanes of at least 4 members (excludes halogenated alkanes) is 25. The van der Waals surface area contributed by atoms with Crippen LogP contribution >= 0.6 is 0 Å². The van der Waals surface area contributed by atoms with Crippen molar-refractivity contribution in [1.82, 2.24) is 15.5 Å². The molecular formula is C41H86N6O2+2. The summed E-state index contributed by atoms with van der Waals surface area (Å²) in [6.45, 7) is 6.75. The zero-order valence-electron chi connectivity index (χ0n) is 32.9. The number of quaternary nitrogens is 2. The Labute approximate surface area is 304 Å². The molecule has 2 atom stereocenters. The maximum atomic E-state index is 13.2. The molecule has 0 bridgehead atoms. The van der Waals surface area contributed by atoms with Crippen molar-refractivity contribution in [3.05, 3.63) is 12.2 Å². The zero-order valence-corrected chi connectivity index (χ0v) is 32.9. The van der Waals surface area contributed by atoms with Crippen molar-refractivity contribution in [2.45, 2.75) is 212 Å². The fraction of sp³-hybridized carbons (Fsp3) is 0.902. The number of carbonyl (C=O) groups excluding carboxylic acids is 2. The number of nitrogens with two attached hydrogens (primary N) is 1. The van der Waals surface area contributed by atoms with Gasteiger partial charge in [-0.2, -0.15) is 0 Å². The summed E-state index contributed by atoms with van der Waals surface area (Å²) in [5.41, 5.74) is 13.3. The summed E-state index contributed by atoms with van der Waals surface area (Å²) in [6, 6.07) is -0.422. The van der Waals surface area contributed by atoms with Gasteiger partial charge in [-0.15, -0.1) is 0 Å². The van der Waals surface area contributed by atoms with E-state index < -0.39 is 6.04 Å². The topological polar surface area (TPSA) is 143 Å². The quantitative estimate of drug-likeness (QED) is 0.0259. The van der Waals surface area contributed by atoms with Gasteiger partial charge >= 0.3 is 0 Å². The molecule has 10 N–H and O–H groups in total. The molecule has 0 radical (unpaired) electrons. The molecular weight excluding hydrogens is 608 g/mol. The molecule has 0 saturated heterocycles. The molecule has 2 amide bonds. The normalized spacial score (nSPS) is 12.8. The van der Waals surface area contributed by atoms with Gasteiger partial charge in [0.2, 0.25) is 5.91 Å². The zero-order chi connectivity index (χ0) is 36.0. The monoisotopic (exact) mass is 695 g/mol. The van der Waals surface area contributed by atoms with Gasteiger partial charge in [-0.25, -0.2) is 0 Å². The Balaban J connectivity index is 4.26. The van der Waals surface area contributed by atoms with Crippen molar-refractivity contribution in [1.29, 1.82) is 0 Å². The summed E-state index contributed by atoms with van der Waals surface area (Å²) in [5.74, 6) is -0.151. The van der Waals surface area contributed by atoms with E-state index in [1.807, 2.05) is 4.90 Å². The minimum absolute atomic E-state index is 0.0286. The van der Waals surface area contributed by atoms with Crippen LogP contribution in [-0.2, 0) is 9.59 Å². The third-order valence-corrected chi connectivity index (χ3v) is 9.76. The van der Waals surface area contributed by atoms with Crippen LogP contribution in [0.5, 0.6) is 0 Å². The van der Waals surface area contributed by atoms with Gasteiger partial charge in [0, 0.05) is 26.1 Å². The first-order chi connectivity index (χ1) is 23.9. The van der Waals surface area contributed by atoms with E-state index in [0.717, 1.165) is 32.4 Å². The van der Waals surface area contributed by atoms with Crippen molar-refractivity contribution in [2.24, 2.45) is 5.73 Å². The second-order valence-corrected chi connectivity index (χ2v) is 14.7. The maximum absolute atomic E-state index is 13.2. The number of rotatable bonds is 38. The third kappa shape index (κ3) is 34.7. The van der Waals surface area contributed by atoms with Crippen molar-refractivity contribution < 1.29 is 21.1 Å². The standard InChI is InChI=1S/C41H84N6O2/c1-3-5-7-9-11-13-15-17-19-20-22-24-26-28-30-32-36-47(39(48)37-46-40(49)38(42)33-34-45-41(43)44)35-31-29-27-25-23-21-18-16-14-12-10-8-6-4-2/h17,19,38,41,45H,3-16,18,20-37,42-44H2,1-2H3,(H,46,49)/p+2/b19-17-. The van der Waals surface area contributed by atoms with Gasteiger partial charge in [-0.1, -0.05) is 167 Å². The van der Waals surface area contributed by atoms with Crippen LogP contribution in [0.25, 0.3) is 0 Å². The number of hydrogen-bond acceptors (Lipinski definition) is 4. The lowest BCUT2D eigenvalue weighted by Crippen LogP contribution is -2.74. The van der Waals surface area contributed by atoms with E-state index >= 15 is 0 Å². The molecule has 0 aromatic carbocycles. The van der Waals surface area contributed by atoms with Gasteiger partial charge in [0.1, 0.15) is 0 Å². The van der Waals surface area contributed by atoms with Gasteiger partial charge in [0.25, 0.3) is 5.91 Å². The second-order valence-electron chi connectivity index (χ2n) is 14.7. The minimum Gasteiger partial charge on any atom is -0.347 e. The molecule has 2 unspecified atom stereocenters. The first-order valence-electron chi connectivity index (χ1n) is 21.3. The number of carbonyl (C=O) groups is 2. The molecule has 0 rings (SSSR count). The van der Waals surface area contributed by atoms with E-state index in [0.29, 0.717) is 13.0 Å². The molecule has 49 heavy (non-hydrogen) atoms. The first-order valence-corrected chi connectivity index (χ1v) is 21.3. The van der Waals surface area contributed by atoms with Crippen LogP contribution in [0.15, 0.2) is 12.2 Å². The Morgan fingerprint density at radius 2 is 0.959 bits per heavy atom. The van der Waals surface area contributed by atoms with Gasteiger partial charge in [-0.3, -0.25) is 20.6 Å². The molecule has 0 aliphatic heterocycles. The summed E-state index contributed by atoms with van der Waals surface area (Å²) in [4.78, 5) is 27.7. The van der Waals surface area contributed by atoms with Crippen molar-refractivity contribution >= 4 is 11.8 Å². The molecule has 290 valence electrons. The van der Waals surface area contributed by atoms with E-state index in [1.54, 1.807) is 0 Å². The fourth-order valence-electron chi connectivity index (χ4n) is 6.40. The van der Waals surface area contributed by atoms with Gasteiger partial charge < -0.3 is 21.7 Å². The number of nitrogens with zero attached hydrogens (tertiary/aromatic N) is 1. The highest BCUT2D eigenvalue weighted by Crippen LogP contribution is 2.14. The molecule has 0 aromatic heterocycles. The SMILES string of the molecule is CCCCCCCC/C=C\CCCCCCCCN(CCCCCCCCCCCCCCCC)C(=O)CNC(=O)C([NH3+])CCNC(N)[NH3+]. The van der Waals surface area contributed by atoms with Crippen molar-refractivity contribution in [3.8, 4) is 0 Å². The lowest BCUT2D eigenvalue weighted by atomic mass is 10.0. The highest BCUT2D eigenvalue weighted by Gasteiger charge is 2.20. The molecule has 0 aliphatic carbocycles. The van der Waals surface area contributed by atoms with Crippen LogP contribution in [0.2, 0.25) is 0 Å². The average molecular weight is 695 g/mol. The highest BCUT2D eigenvalue weighted by atomic mass is 16.2. The summed E-state index contributed by atoms with van der Waals surface area (Å²) >= 11 is 0. The molecule has 0 aromatic rings. The first kappa shape index (κ1) is 47.5. The fourth-order valence-corrected chi connectivity index (χ4v) is 6.40. The van der Waals surface area contributed by atoms with E-state index in [2.05, 4.69) is 48.1 Å². The van der Waals surface area contributed by atoms with E-state index in [4.69, 9.17) is 5.73 Å². The molecule has 0 heterocycles.